The molecule has 0 spiro atoms. The molecular formula is C14H22FNO. The van der Waals surface area contributed by atoms with Crippen molar-refractivity contribution in [3.63, 3.8) is 0 Å². The van der Waals surface area contributed by atoms with Gasteiger partial charge in [-0.2, -0.15) is 0 Å². The first kappa shape index (κ1) is 14.1. The number of nitrogens with one attached hydrogen (secondary N) is 1. The molecule has 96 valence electrons. The molecule has 0 aromatic heterocycles. The lowest BCUT2D eigenvalue weighted by Gasteiger charge is -2.29. The van der Waals surface area contributed by atoms with Crippen LogP contribution >= 0.6 is 0 Å². The fourth-order valence-electron chi connectivity index (χ4n) is 1.65. The van der Waals surface area contributed by atoms with Gasteiger partial charge in [0.15, 0.2) is 0 Å². The molecule has 1 atom stereocenters. The quantitative estimate of drug-likeness (QED) is 0.799. The van der Waals surface area contributed by atoms with Gasteiger partial charge in [0.2, 0.25) is 0 Å². The Balaban J connectivity index is 2.55. The van der Waals surface area contributed by atoms with Crippen LogP contribution in [0, 0.1) is 5.82 Å². The lowest BCUT2D eigenvalue weighted by atomic mass is 9.95. The molecule has 0 saturated heterocycles. The van der Waals surface area contributed by atoms with Crippen LogP contribution in [0.4, 0.5) is 4.39 Å². The third kappa shape index (κ3) is 4.10. The fourth-order valence-corrected chi connectivity index (χ4v) is 1.65. The Morgan fingerprint density at radius 1 is 1.24 bits per heavy atom. The van der Waals surface area contributed by atoms with Crippen LogP contribution in [0.2, 0.25) is 0 Å². The average molecular weight is 239 g/mol. The van der Waals surface area contributed by atoms with Gasteiger partial charge in [-0.3, -0.25) is 0 Å². The van der Waals surface area contributed by atoms with E-state index in [9.17, 15) is 9.50 Å². The molecule has 2 N–H and O–H groups in total. The molecular weight excluding hydrogens is 217 g/mol. The second-order valence-electron chi connectivity index (χ2n) is 4.72. The molecule has 0 aliphatic rings. The van der Waals surface area contributed by atoms with Crippen molar-refractivity contribution in [3.8, 4) is 0 Å². The minimum atomic E-state index is -0.590. The van der Waals surface area contributed by atoms with Gasteiger partial charge in [-0.15, -0.1) is 0 Å². The van der Waals surface area contributed by atoms with Crippen molar-refractivity contribution in [1.82, 2.24) is 5.32 Å². The molecule has 0 bridgehead atoms. The summed E-state index contributed by atoms with van der Waals surface area (Å²) in [5, 5.41) is 13.3. The topological polar surface area (TPSA) is 32.3 Å². The van der Waals surface area contributed by atoms with E-state index in [0.717, 1.165) is 18.4 Å². The molecule has 0 saturated carbocycles. The maximum absolute atomic E-state index is 12.7. The molecule has 1 aromatic carbocycles. The summed E-state index contributed by atoms with van der Waals surface area (Å²) in [6.07, 6.45) is 1.44. The lowest BCUT2D eigenvalue weighted by Crippen LogP contribution is -2.43. The van der Waals surface area contributed by atoms with Crippen molar-refractivity contribution in [2.75, 3.05) is 6.54 Å². The number of halogens is 1. The summed E-state index contributed by atoms with van der Waals surface area (Å²) in [6, 6.07) is 5.99. The number of hydrogen-bond acceptors (Lipinski definition) is 2. The van der Waals surface area contributed by atoms with Crippen molar-refractivity contribution < 1.29 is 9.50 Å². The second kappa shape index (κ2) is 6.12. The van der Waals surface area contributed by atoms with Crippen molar-refractivity contribution in [2.45, 2.75) is 45.3 Å². The molecule has 3 heteroatoms. The van der Waals surface area contributed by atoms with Crippen LogP contribution in [0.25, 0.3) is 0 Å². The monoisotopic (exact) mass is 239 g/mol. The van der Waals surface area contributed by atoms with Crippen molar-refractivity contribution in [1.29, 1.82) is 0 Å². The first-order valence-electron chi connectivity index (χ1n) is 6.19. The van der Waals surface area contributed by atoms with E-state index >= 15 is 0 Å². The van der Waals surface area contributed by atoms with Crippen LogP contribution in [0.3, 0.4) is 0 Å². The summed E-state index contributed by atoms with van der Waals surface area (Å²) >= 11 is 0. The molecule has 0 heterocycles. The highest BCUT2D eigenvalue weighted by molar-refractivity contribution is 5.18. The molecule has 1 unspecified atom stereocenters. The fraction of sp³-hybridized carbons (Fsp3) is 0.571. The molecule has 0 fully saturated rings. The van der Waals surface area contributed by atoms with Gasteiger partial charge in [0, 0.05) is 12.1 Å². The van der Waals surface area contributed by atoms with Crippen LogP contribution < -0.4 is 5.32 Å². The zero-order valence-electron chi connectivity index (χ0n) is 10.8. The largest absolute Gasteiger partial charge is 0.387 e. The smallest absolute Gasteiger partial charge is 0.123 e. The summed E-state index contributed by atoms with van der Waals surface area (Å²) in [5.74, 6) is -0.277. The number of rotatable bonds is 6. The SMILES string of the molecule is CCC(C)(CC)NCC(O)c1ccc(F)cc1. The van der Waals surface area contributed by atoms with E-state index in [0.29, 0.717) is 6.54 Å². The van der Waals surface area contributed by atoms with Crippen molar-refractivity contribution in [3.05, 3.63) is 35.6 Å². The van der Waals surface area contributed by atoms with Crippen LogP contribution in [0.5, 0.6) is 0 Å². The number of hydrogen-bond donors (Lipinski definition) is 2. The summed E-state index contributed by atoms with van der Waals surface area (Å²) in [4.78, 5) is 0. The van der Waals surface area contributed by atoms with Crippen LogP contribution in [0.15, 0.2) is 24.3 Å². The normalized spacial score (nSPS) is 13.7. The van der Waals surface area contributed by atoms with Gasteiger partial charge in [-0.25, -0.2) is 4.39 Å². The predicted octanol–water partition coefficient (Wildman–Crippen LogP) is 3.03. The third-order valence-corrected chi connectivity index (χ3v) is 3.54. The van der Waals surface area contributed by atoms with Crippen molar-refractivity contribution in [2.24, 2.45) is 0 Å². The Hall–Kier alpha value is -0.930. The van der Waals surface area contributed by atoms with Crippen molar-refractivity contribution >= 4 is 0 Å². The Morgan fingerprint density at radius 2 is 1.76 bits per heavy atom. The molecule has 2 nitrogen and oxygen atoms in total. The summed E-state index contributed by atoms with van der Waals surface area (Å²) in [5.41, 5.74) is 0.800. The molecule has 0 aliphatic carbocycles. The van der Waals surface area contributed by atoms with Crippen LogP contribution in [0.1, 0.15) is 45.3 Å². The standard InChI is InChI=1S/C14H22FNO/c1-4-14(3,5-2)16-10-13(17)11-6-8-12(15)9-7-11/h6-9,13,16-17H,4-5,10H2,1-3H3. The molecule has 0 aliphatic heterocycles. The second-order valence-corrected chi connectivity index (χ2v) is 4.72. The Bertz CT molecular complexity index is 333. The molecule has 17 heavy (non-hydrogen) atoms. The van der Waals surface area contributed by atoms with E-state index in [1.807, 2.05) is 0 Å². The van der Waals surface area contributed by atoms with Gasteiger partial charge in [0.05, 0.1) is 6.10 Å². The zero-order valence-corrected chi connectivity index (χ0v) is 10.8. The van der Waals surface area contributed by atoms with E-state index < -0.39 is 6.10 Å². The summed E-state index contributed by atoms with van der Waals surface area (Å²) in [7, 11) is 0. The van der Waals surface area contributed by atoms with E-state index in [2.05, 4.69) is 26.1 Å². The van der Waals surface area contributed by atoms with Gasteiger partial charge < -0.3 is 10.4 Å². The number of aliphatic hydroxyl groups is 1. The summed E-state index contributed by atoms with van der Waals surface area (Å²) in [6.45, 7) is 6.88. The third-order valence-electron chi connectivity index (χ3n) is 3.54. The molecule has 1 rings (SSSR count). The zero-order chi connectivity index (χ0) is 12.9. The molecule has 0 amide bonds. The molecule has 1 aromatic rings. The average Bonchev–Trinajstić information content (AvgIpc) is 2.36. The van der Waals surface area contributed by atoms with Gasteiger partial charge in [0.25, 0.3) is 0 Å². The number of β-amino-alcohol motifs (C(OH)–C–C–N with tert-alkyl or cyclic N) is 1. The number of benzene rings is 1. The van der Waals surface area contributed by atoms with Gasteiger partial charge >= 0.3 is 0 Å². The highest BCUT2D eigenvalue weighted by Gasteiger charge is 2.20. The van der Waals surface area contributed by atoms with Gasteiger partial charge in [-0.1, -0.05) is 26.0 Å². The Labute approximate surface area is 103 Å². The van der Waals surface area contributed by atoms with E-state index in [4.69, 9.17) is 0 Å². The first-order valence-corrected chi connectivity index (χ1v) is 6.19. The summed E-state index contributed by atoms with van der Waals surface area (Å²) < 4.78 is 12.7. The van der Waals surface area contributed by atoms with Gasteiger partial charge in [0.1, 0.15) is 5.82 Å². The molecule has 0 radical (unpaired) electrons. The van der Waals surface area contributed by atoms with Crippen LogP contribution in [-0.2, 0) is 0 Å². The lowest BCUT2D eigenvalue weighted by molar-refractivity contribution is 0.156. The van der Waals surface area contributed by atoms with E-state index in [-0.39, 0.29) is 11.4 Å². The maximum atomic E-state index is 12.7. The van der Waals surface area contributed by atoms with E-state index in [1.54, 1.807) is 12.1 Å². The minimum absolute atomic E-state index is 0.0566. The van der Waals surface area contributed by atoms with Gasteiger partial charge in [-0.05, 0) is 37.5 Å². The Morgan fingerprint density at radius 3 is 2.24 bits per heavy atom. The number of aliphatic hydroxyl groups excluding tert-OH is 1. The first-order chi connectivity index (χ1) is 8.00. The van der Waals surface area contributed by atoms with Crippen LogP contribution in [-0.4, -0.2) is 17.2 Å². The minimum Gasteiger partial charge on any atom is -0.387 e. The Kier molecular flexibility index (Phi) is 5.09. The van der Waals surface area contributed by atoms with E-state index in [1.165, 1.54) is 12.1 Å². The predicted molar refractivity (Wildman–Crippen MR) is 68.3 cm³/mol. The highest BCUT2D eigenvalue weighted by atomic mass is 19.1. The highest BCUT2D eigenvalue weighted by Crippen LogP contribution is 2.17. The maximum Gasteiger partial charge on any atom is 0.123 e.